The molecule has 0 amide bonds. The summed E-state index contributed by atoms with van der Waals surface area (Å²) < 4.78 is 62.3. The highest BCUT2D eigenvalue weighted by molar-refractivity contribution is 6.00. The number of benzene rings is 8. The van der Waals surface area contributed by atoms with E-state index in [1.165, 1.54) is 12.1 Å². The minimum Gasteiger partial charge on any atom is -0.480 e. The quantitative estimate of drug-likeness (QED) is 0.0324. The number of carboxylic acids is 1. The van der Waals surface area contributed by atoms with Gasteiger partial charge in [-0.1, -0.05) is 206 Å². The van der Waals surface area contributed by atoms with Crippen LogP contribution in [0, 0.1) is 27.9 Å². The van der Waals surface area contributed by atoms with E-state index in [4.69, 9.17) is 28.0 Å². The first-order chi connectivity index (χ1) is 47.4. The zero-order valence-corrected chi connectivity index (χ0v) is 55.2. The number of halogens is 2. The zero-order chi connectivity index (χ0) is 69.2. The Morgan fingerprint density at radius 2 is 0.806 bits per heavy atom. The van der Waals surface area contributed by atoms with Gasteiger partial charge in [-0.25, -0.2) is 8.78 Å². The summed E-state index contributed by atoms with van der Waals surface area (Å²) in [6, 6.07) is 62.1. The summed E-state index contributed by atoms with van der Waals surface area (Å²) in [7, 11) is 0. The van der Waals surface area contributed by atoms with Gasteiger partial charge in [0.1, 0.15) is 24.8 Å². The number of carbonyl (C=O) groups excluding carboxylic acids is 4. The third kappa shape index (κ3) is 17.2. The Bertz CT molecular complexity index is 4300. The number of hydrogen-bond acceptors (Lipinski definition) is 17. The van der Waals surface area contributed by atoms with Crippen molar-refractivity contribution in [2.45, 2.75) is 86.6 Å². The molecular formula is C78H76F2N6O12. The lowest BCUT2D eigenvalue weighted by molar-refractivity contribution is -0.188. The standard InChI is InChI=1S/C41H40FN3O7.C35H30FN3O5.C2H6/c1-40(2,3)37(46)50-27-51-39(48)41(38(47)49-26-29-10-6-4-7-11-29)20-22-45(23-21-41)25-28-14-16-31(17-15-28)35-43-36(52-44-35)32-18-19-33(34(42)24-32)30-12-8-5-9-13-30;36-30-21-28(15-16-29(30)26-9-5-2-6-10-26)32-37-31(38-44-32)27-13-11-24(12-14-27)22-39-19-17-35(18-20-39,33(40)41)34(42)43-23-25-7-3-1-4-8-25;1-2/h4-19,24H,20-23,25-27H2,1-3H3;1-16,21H,17-20,22-23H2,(H,40,41);1-2H3. The number of nitrogens with zero attached hydrogens (tertiary/aromatic N) is 6. The maximum absolute atomic E-state index is 15.0. The van der Waals surface area contributed by atoms with E-state index in [-0.39, 0.29) is 62.3 Å². The van der Waals surface area contributed by atoms with Crippen molar-refractivity contribution in [2.24, 2.45) is 16.2 Å². The van der Waals surface area contributed by atoms with Gasteiger partial charge in [0.2, 0.25) is 18.4 Å². The smallest absolute Gasteiger partial charge is 0.326 e. The second-order valence-electron chi connectivity index (χ2n) is 24.7. The third-order valence-electron chi connectivity index (χ3n) is 17.1. The summed E-state index contributed by atoms with van der Waals surface area (Å²) in [6.07, 6.45) is 0.686. The van der Waals surface area contributed by atoms with Crippen molar-refractivity contribution in [3.63, 3.8) is 0 Å². The largest absolute Gasteiger partial charge is 0.480 e. The van der Waals surface area contributed by atoms with Crippen LogP contribution in [0.1, 0.15) is 82.6 Å². The number of carboxylic acid groups (broad SMARTS) is 1. The van der Waals surface area contributed by atoms with Crippen LogP contribution < -0.4 is 0 Å². The molecule has 18 nitrogen and oxygen atoms in total. The van der Waals surface area contributed by atoms with Crippen molar-refractivity contribution < 1.29 is 65.9 Å². The van der Waals surface area contributed by atoms with Gasteiger partial charge in [-0.15, -0.1) is 0 Å². The van der Waals surface area contributed by atoms with Gasteiger partial charge < -0.3 is 33.1 Å². The van der Waals surface area contributed by atoms with E-state index in [9.17, 15) is 37.9 Å². The van der Waals surface area contributed by atoms with Crippen LogP contribution in [-0.2, 0) is 69.2 Å². The number of rotatable bonds is 20. The summed E-state index contributed by atoms with van der Waals surface area (Å²) >= 11 is 0. The fourth-order valence-corrected chi connectivity index (χ4v) is 11.3. The minimum atomic E-state index is -1.55. The average molecular weight is 1330 g/mol. The summed E-state index contributed by atoms with van der Waals surface area (Å²) in [4.78, 5) is 77.5. The molecule has 98 heavy (non-hydrogen) atoms. The van der Waals surface area contributed by atoms with Gasteiger partial charge in [0.25, 0.3) is 11.8 Å². The van der Waals surface area contributed by atoms with Gasteiger partial charge >= 0.3 is 29.8 Å². The molecule has 2 aromatic heterocycles. The van der Waals surface area contributed by atoms with Gasteiger partial charge in [0.05, 0.1) is 5.41 Å². The lowest BCUT2D eigenvalue weighted by Crippen LogP contribution is -2.50. The molecule has 2 aliphatic rings. The number of likely N-dealkylation sites (tertiary alicyclic amines) is 2. The molecule has 0 atom stereocenters. The molecule has 2 fully saturated rings. The van der Waals surface area contributed by atoms with Crippen molar-refractivity contribution >= 4 is 29.8 Å². The Morgan fingerprint density at radius 3 is 1.18 bits per heavy atom. The SMILES string of the molecule is CC.CC(C)(C)C(=O)OCOC(=O)C1(C(=O)OCc2ccccc2)CCN(Cc2ccc(-c3noc(-c4ccc(-c5ccccc5)c(F)c4)n3)cc2)CC1.O=C(O)C1(C(=O)OCc2ccccc2)CCN(Cc2ccc(-c3noc(-c4ccc(-c5ccccc5)c(F)c4)n3)cc2)CC1. The normalized spacial score (nSPS) is 14.3. The van der Waals surface area contributed by atoms with Crippen LogP contribution in [0.4, 0.5) is 8.78 Å². The Kier molecular flexibility index (Phi) is 23.0. The molecule has 0 saturated carbocycles. The van der Waals surface area contributed by atoms with Crippen molar-refractivity contribution in [1.82, 2.24) is 30.1 Å². The summed E-state index contributed by atoms with van der Waals surface area (Å²) in [6.45, 7) is 11.5. The van der Waals surface area contributed by atoms with Gasteiger partial charge in [-0.3, -0.25) is 33.8 Å². The number of aromatic nitrogens is 4. The summed E-state index contributed by atoms with van der Waals surface area (Å²) in [5.41, 5.74) is 4.77. The Labute approximate surface area is 567 Å². The van der Waals surface area contributed by atoms with Gasteiger partial charge in [-0.2, -0.15) is 9.97 Å². The van der Waals surface area contributed by atoms with Crippen molar-refractivity contribution in [1.29, 1.82) is 0 Å². The Balaban J connectivity index is 0.000000210. The van der Waals surface area contributed by atoms with E-state index in [0.29, 0.717) is 73.2 Å². The van der Waals surface area contributed by atoms with E-state index in [2.05, 4.69) is 30.1 Å². The molecule has 1 N–H and O–H groups in total. The number of aliphatic carboxylic acids is 1. The first-order valence-electron chi connectivity index (χ1n) is 32.4. The van der Waals surface area contributed by atoms with E-state index >= 15 is 0 Å². The van der Waals surface area contributed by atoms with E-state index in [1.807, 2.05) is 184 Å². The monoisotopic (exact) mass is 1330 g/mol. The van der Waals surface area contributed by atoms with Crippen LogP contribution in [0.3, 0.4) is 0 Å². The summed E-state index contributed by atoms with van der Waals surface area (Å²) in [5.74, 6) is -3.36. The molecule has 2 saturated heterocycles. The van der Waals surface area contributed by atoms with E-state index in [0.717, 1.165) is 44.5 Å². The highest BCUT2D eigenvalue weighted by Gasteiger charge is 2.52. The molecule has 504 valence electrons. The number of hydrogen-bond donors (Lipinski definition) is 1. The highest BCUT2D eigenvalue weighted by Crippen LogP contribution is 2.38. The van der Waals surface area contributed by atoms with Crippen LogP contribution in [0.25, 0.3) is 67.9 Å². The van der Waals surface area contributed by atoms with Crippen LogP contribution in [0.5, 0.6) is 0 Å². The van der Waals surface area contributed by atoms with Gasteiger partial charge in [-0.05, 0) is 104 Å². The molecule has 8 aromatic carbocycles. The number of piperidine rings is 2. The lowest BCUT2D eigenvalue weighted by Gasteiger charge is -2.38. The molecule has 0 unspecified atom stereocenters. The van der Waals surface area contributed by atoms with Crippen molar-refractivity contribution in [3.05, 3.63) is 240 Å². The molecule has 2 aliphatic heterocycles. The van der Waals surface area contributed by atoms with Crippen molar-refractivity contribution in [3.8, 4) is 67.9 Å². The Hall–Kier alpha value is -10.8. The first-order valence-corrected chi connectivity index (χ1v) is 32.4. The van der Waals surface area contributed by atoms with E-state index < -0.39 is 52.9 Å². The first kappa shape index (κ1) is 70.0. The minimum absolute atomic E-state index is 0.0169. The molecule has 0 radical (unpaired) electrons. The lowest BCUT2D eigenvalue weighted by atomic mass is 9.78. The molecular weight excluding hydrogens is 1250 g/mol. The van der Waals surface area contributed by atoms with Crippen LogP contribution in [0.15, 0.2) is 215 Å². The van der Waals surface area contributed by atoms with Crippen LogP contribution >= 0.6 is 0 Å². The second-order valence-corrected chi connectivity index (χ2v) is 24.7. The third-order valence-corrected chi connectivity index (χ3v) is 17.1. The molecule has 0 spiro atoms. The molecule has 0 bridgehead atoms. The van der Waals surface area contributed by atoms with Crippen LogP contribution in [-0.4, -0.2) is 98.0 Å². The number of carbonyl (C=O) groups is 5. The maximum atomic E-state index is 15.0. The van der Waals surface area contributed by atoms with Crippen molar-refractivity contribution in [2.75, 3.05) is 33.0 Å². The Morgan fingerprint density at radius 1 is 0.449 bits per heavy atom. The highest BCUT2D eigenvalue weighted by atomic mass is 19.1. The topological polar surface area (TPSA) is 227 Å². The van der Waals surface area contributed by atoms with Gasteiger partial charge in [0, 0.05) is 72.6 Å². The fourth-order valence-electron chi connectivity index (χ4n) is 11.3. The average Bonchev–Trinajstić information content (AvgIpc) is 1.00. The fraction of sp³-hybridized carbons (Fsp3) is 0.269. The molecule has 20 heteroatoms. The van der Waals surface area contributed by atoms with Gasteiger partial charge in [0.15, 0.2) is 10.8 Å². The van der Waals surface area contributed by atoms with E-state index in [1.54, 1.807) is 45.0 Å². The predicted molar refractivity (Wildman–Crippen MR) is 363 cm³/mol. The molecule has 12 rings (SSSR count). The van der Waals surface area contributed by atoms with Crippen LogP contribution in [0.2, 0.25) is 0 Å². The summed E-state index contributed by atoms with van der Waals surface area (Å²) in [5, 5.41) is 18.2. The zero-order valence-electron chi connectivity index (χ0n) is 55.2. The maximum Gasteiger partial charge on any atom is 0.326 e. The molecule has 4 heterocycles. The predicted octanol–water partition coefficient (Wildman–Crippen LogP) is 15.3. The number of esters is 4. The second kappa shape index (κ2) is 32.3. The molecule has 10 aromatic rings. The number of ether oxygens (including phenoxy) is 4. The molecule has 0 aliphatic carbocycles.